The van der Waals surface area contributed by atoms with Crippen LogP contribution in [0.25, 0.3) is 0 Å². The van der Waals surface area contributed by atoms with Crippen molar-refractivity contribution in [2.45, 2.75) is 39.5 Å². The van der Waals surface area contributed by atoms with Crippen molar-refractivity contribution >= 4 is 5.91 Å². The predicted octanol–water partition coefficient (Wildman–Crippen LogP) is 1.88. The molecule has 3 heteroatoms. The maximum atomic E-state index is 12.3. The molecule has 1 amide bonds. The molecule has 2 aliphatic rings. The number of carbonyl (C=O) groups is 1. The fraction of sp³-hybridized carbons (Fsp3) is 0.929. The smallest absolute Gasteiger partial charge is 0.222 e. The lowest BCUT2D eigenvalue weighted by molar-refractivity contribution is -0.135. The van der Waals surface area contributed by atoms with Crippen LogP contribution in [-0.2, 0) is 4.79 Å². The van der Waals surface area contributed by atoms with Crippen LogP contribution >= 0.6 is 0 Å². The van der Waals surface area contributed by atoms with Crippen molar-refractivity contribution in [2.24, 2.45) is 17.8 Å². The molecule has 0 aromatic rings. The molecule has 0 aliphatic carbocycles. The Bertz CT molecular complexity index is 251. The minimum atomic E-state index is 0.398. The van der Waals surface area contributed by atoms with Crippen molar-refractivity contribution in [2.75, 3.05) is 26.2 Å². The summed E-state index contributed by atoms with van der Waals surface area (Å²) in [5.74, 6) is 2.37. The summed E-state index contributed by atoms with van der Waals surface area (Å²) in [5.41, 5.74) is 0. The number of hydrogen-bond donors (Lipinski definition) is 1. The van der Waals surface area contributed by atoms with Crippen LogP contribution in [0.5, 0.6) is 0 Å². The molecule has 1 N–H and O–H groups in total. The van der Waals surface area contributed by atoms with Crippen LogP contribution in [-0.4, -0.2) is 37.0 Å². The average molecular weight is 238 g/mol. The molecule has 2 aliphatic heterocycles. The molecular weight excluding hydrogens is 212 g/mol. The number of nitrogens with one attached hydrogen (secondary N) is 1. The van der Waals surface area contributed by atoms with E-state index in [9.17, 15) is 4.79 Å². The first-order chi connectivity index (χ1) is 8.15. The van der Waals surface area contributed by atoms with E-state index in [0.29, 0.717) is 23.7 Å². The first-order valence-corrected chi connectivity index (χ1v) is 7.13. The van der Waals surface area contributed by atoms with Crippen LogP contribution in [0, 0.1) is 17.8 Å². The van der Waals surface area contributed by atoms with E-state index in [1.165, 1.54) is 19.3 Å². The van der Waals surface area contributed by atoms with Gasteiger partial charge in [-0.15, -0.1) is 0 Å². The Balaban J connectivity index is 1.81. The fourth-order valence-corrected chi connectivity index (χ4v) is 3.33. The second kappa shape index (κ2) is 5.85. The second-order valence-electron chi connectivity index (χ2n) is 6.14. The predicted molar refractivity (Wildman–Crippen MR) is 69.7 cm³/mol. The van der Waals surface area contributed by atoms with E-state index in [1.807, 2.05) is 0 Å². The van der Waals surface area contributed by atoms with Crippen LogP contribution in [0.15, 0.2) is 0 Å². The first kappa shape index (κ1) is 12.9. The number of likely N-dealkylation sites (tertiary alicyclic amines) is 1. The fourth-order valence-electron chi connectivity index (χ4n) is 3.33. The number of amides is 1. The first-order valence-electron chi connectivity index (χ1n) is 7.13. The molecule has 0 aromatic carbocycles. The summed E-state index contributed by atoms with van der Waals surface area (Å²) in [6, 6.07) is 0. The van der Waals surface area contributed by atoms with Crippen molar-refractivity contribution in [1.29, 1.82) is 0 Å². The summed E-state index contributed by atoms with van der Waals surface area (Å²) in [4.78, 5) is 14.4. The molecule has 2 fully saturated rings. The Hall–Kier alpha value is -0.570. The minimum absolute atomic E-state index is 0.398. The molecule has 98 valence electrons. The molecule has 2 atom stereocenters. The Morgan fingerprint density at radius 2 is 1.76 bits per heavy atom. The number of rotatable bonds is 2. The van der Waals surface area contributed by atoms with Crippen molar-refractivity contribution in [1.82, 2.24) is 10.2 Å². The van der Waals surface area contributed by atoms with E-state index >= 15 is 0 Å². The molecule has 0 bridgehead atoms. The van der Waals surface area contributed by atoms with Gasteiger partial charge in [-0.1, -0.05) is 13.8 Å². The molecule has 0 spiro atoms. The van der Waals surface area contributed by atoms with Gasteiger partial charge in [0.05, 0.1) is 0 Å². The zero-order valence-electron chi connectivity index (χ0n) is 11.2. The lowest BCUT2D eigenvalue weighted by Crippen LogP contribution is -2.43. The van der Waals surface area contributed by atoms with E-state index in [2.05, 4.69) is 24.1 Å². The number of hydrogen-bond acceptors (Lipinski definition) is 2. The van der Waals surface area contributed by atoms with Gasteiger partial charge in [0.15, 0.2) is 0 Å². The highest BCUT2D eigenvalue weighted by molar-refractivity contribution is 5.76. The Morgan fingerprint density at radius 3 is 2.35 bits per heavy atom. The van der Waals surface area contributed by atoms with Crippen molar-refractivity contribution in [3.05, 3.63) is 0 Å². The highest BCUT2D eigenvalue weighted by Gasteiger charge is 2.27. The molecule has 2 unspecified atom stereocenters. The third-order valence-electron chi connectivity index (χ3n) is 4.14. The zero-order valence-corrected chi connectivity index (χ0v) is 11.2. The summed E-state index contributed by atoms with van der Waals surface area (Å²) >= 11 is 0. The largest absolute Gasteiger partial charge is 0.342 e. The summed E-state index contributed by atoms with van der Waals surface area (Å²) in [7, 11) is 0. The molecule has 2 heterocycles. The molecule has 3 nitrogen and oxygen atoms in total. The quantitative estimate of drug-likeness (QED) is 0.796. The maximum absolute atomic E-state index is 12.3. The van der Waals surface area contributed by atoms with Crippen LogP contribution < -0.4 is 5.32 Å². The summed E-state index contributed by atoms with van der Waals surface area (Å²) in [6.07, 6.45) is 4.40. The zero-order chi connectivity index (χ0) is 12.3. The molecular formula is C14H26N2O. The number of nitrogens with zero attached hydrogens (tertiary/aromatic N) is 1. The number of carbonyl (C=O) groups excluding carboxylic acids is 1. The van der Waals surface area contributed by atoms with Gasteiger partial charge in [-0.05, 0) is 50.1 Å². The van der Waals surface area contributed by atoms with E-state index in [0.717, 1.165) is 32.6 Å². The minimum Gasteiger partial charge on any atom is -0.342 e. The lowest BCUT2D eigenvalue weighted by atomic mass is 9.90. The van der Waals surface area contributed by atoms with E-state index in [1.54, 1.807) is 0 Å². The molecule has 2 saturated heterocycles. The van der Waals surface area contributed by atoms with Gasteiger partial charge in [0.25, 0.3) is 0 Å². The normalized spacial score (nSPS) is 31.5. The van der Waals surface area contributed by atoms with Gasteiger partial charge >= 0.3 is 0 Å². The number of piperidine rings is 2. The van der Waals surface area contributed by atoms with Crippen LogP contribution in [0.2, 0.25) is 0 Å². The molecule has 0 aromatic heterocycles. The van der Waals surface area contributed by atoms with Gasteiger partial charge in [-0.2, -0.15) is 0 Å². The Labute approximate surface area is 105 Å². The monoisotopic (exact) mass is 238 g/mol. The van der Waals surface area contributed by atoms with Gasteiger partial charge in [-0.3, -0.25) is 4.79 Å². The van der Waals surface area contributed by atoms with Gasteiger partial charge < -0.3 is 10.2 Å². The van der Waals surface area contributed by atoms with E-state index in [4.69, 9.17) is 0 Å². The summed E-state index contributed by atoms with van der Waals surface area (Å²) in [6.45, 7) is 8.67. The summed E-state index contributed by atoms with van der Waals surface area (Å²) < 4.78 is 0. The maximum Gasteiger partial charge on any atom is 0.222 e. The molecule has 2 rings (SSSR count). The van der Waals surface area contributed by atoms with Crippen molar-refractivity contribution < 1.29 is 4.79 Å². The lowest BCUT2D eigenvalue weighted by Gasteiger charge is -2.36. The van der Waals surface area contributed by atoms with Crippen LogP contribution in [0.4, 0.5) is 0 Å². The third kappa shape index (κ3) is 3.70. The van der Waals surface area contributed by atoms with Crippen LogP contribution in [0.3, 0.4) is 0 Å². The highest BCUT2D eigenvalue weighted by Crippen LogP contribution is 2.23. The van der Waals surface area contributed by atoms with Crippen molar-refractivity contribution in [3.8, 4) is 0 Å². The van der Waals surface area contributed by atoms with Gasteiger partial charge in [0.2, 0.25) is 5.91 Å². The topological polar surface area (TPSA) is 32.3 Å². The Morgan fingerprint density at radius 1 is 1.18 bits per heavy atom. The second-order valence-corrected chi connectivity index (χ2v) is 6.14. The highest BCUT2D eigenvalue weighted by atomic mass is 16.2. The van der Waals surface area contributed by atoms with Crippen molar-refractivity contribution in [3.63, 3.8) is 0 Å². The summed E-state index contributed by atoms with van der Waals surface area (Å²) in [5, 5.41) is 3.36. The molecule has 0 saturated carbocycles. The van der Waals surface area contributed by atoms with Gasteiger partial charge in [0.1, 0.15) is 0 Å². The molecule has 0 radical (unpaired) electrons. The van der Waals surface area contributed by atoms with E-state index in [-0.39, 0.29) is 0 Å². The standard InChI is InChI=1S/C14H26N2O/c1-11-7-12(2)10-16(9-11)14(17)8-13-3-5-15-6-4-13/h11-13,15H,3-10H2,1-2H3. The average Bonchev–Trinajstić information content (AvgIpc) is 2.29. The van der Waals surface area contributed by atoms with Crippen LogP contribution in [0.1, 0.15) is 39.5 Å². The third-order valence-corrected chi connectivity index (χ3v) is 4.14. The SMILES string of the molecule is CC1CC(C)CN(C(=O)CC2CCNCC2)C1. The Kier molecular flexibility index (Phi) is 4.43. The van der Waals surface area contributed by atoms with Gasteiger partial charge in [0, 0.05) is 19.5 Å². The van der Waals surface area contributed by atoms with Gasteiger partial charge in [-0.25, -0.2) is 0 Å². The van der Waals surface area contributed by atoms with E-state index < -0.39 is 0 Å². The molecule has 17 heavy (non-hydrogen) atoms.